The second-order valence-electron chi connectivity index (χ2n) is 8.99. The van der Waals surface area contributed by atoms with E-state index in [0.29, 0.717) is 35.3 Å². The van der Waals surface area contributed by atoms with Crippen LogP contribution in [0.1, 0.15) is 28.9 Å². The number of aromatic nitrogens is 2. The molecule has 1 aliphatic heterocycles. The summed E-state index contributed by atoms with van der Waals surface area (Å²) in [6.07, 6.45) is 3.36. The first-order chi connectivity index (χ1) is 18.3. The number of hydrogen-bond donors (Lipinski definition) is 0. The molecule has 1 aliphatic rings. The molecule has 1 unspecified atom stereocenters. The number of ether oxygens (including phenoxy) is 2. The van der Waals surface area contributed by atoms with Crippen molar-refractivity contribution in [3.63, 3.8) is 0 Å². The van der Waals surface area contributed by atoms with Gasteiger partial charge in [0, 0.05) is 38.0 Å². The van der Waals surface area contributed by atoms with Gasteiger partial charge in [-0.25, -0.2) is 13.4 Å². The van der Waals surface area contributed by atoms with Gasteiger partial charge in [0.25, 0.3) is 5.91 Å². The van der Waals surface area contributed by atoms with E-state index in [2.05, 4.69) is 4.98 Å². The van der Waals surface area contributed by atoms with Gasteiger partial charge in [0.05, 0.1) is 40.6 Å². The fourth-order valence-corrected chi connectivity index (χ4v) is 6.44. The Morgan fingerprint density at radius 2 is 1.97 bits per heavy atom. The highest BCUT2D eigenvalue weighted by molar-refractivity contribution is 7.89. The van der Waals surface area contributed by atoms with Gasteiger partial charge in [-0.2, -0.15) is 4.31 Å². The third-order valence-electron chi connectivity index (χ3n) is 6.40. The third kappa shape index (κ3) is 5.56. The standard InChI is InChI=1S/C27H28N4O5S2/c1-30(18-22-7-5-15-36-22)38(33,34)23-11-8-19(9-12-23)26(32)31(17-20-6-3-4-14-28-20)27-29-24-16-21(35-2)10-13-25(24)37-27/h3-4,6,8-14,16,22H,5,7,15,17-18H2,1-2H3. The minimum absolute atomic E-state index is 0.0930. The molecule has 1 fully saturated rings. The third-order valence-corrected chi connectivity index (χ3v) is 9.30. The first-order valence-electron chi connectivity index (χ1n) is 12.2. The fraction of sp³-hybridized carbons (Fsp3) is 0.296. The Labute approximate surface area is 225 Å². The highest BCUT2D eigenvalue weighted by Crippen LogP contribution is 2.33. The van der Waals surface area contributed by atoms with Crippen LogP contribution in [0.5, 0.6) is 5.75 Å². The predicted molar refractivity (Wildman–Crippen MR) is 146 cm³/mol. The quantitative estimate of drug-likeness (QED) is 0.304. The van der Waals surface area contributed by atoms with Crippen molar-refractivity contribution >= 4 is 42.6 Å². The molecular weight excluding hydrogens is 524 g/mol. The lowest BCUT2D eigenvalue weighted by Crippen LogP contribution is -2.34. The second kappa shape index (κ2) is 11.2. The lowest BCUT2D eigenvalue weighted by Gasteiger charge is -2.21. The Balaban J connectivity index is 1.42. The number of methoxy groups -OCH3 is 1. The van der Waals surface area contributed by atoms with E-state index < -0.39 is 10.0 Å². The molecule has 0 aliphatic carbocycles. The Hall–Kier alpha value is -3.38. The molecule has 0 N–H and O–H groups in total. The first kappa shape index (κ1) is 26.2. The van der Waals surface area contributed by atoms with Gasteiger partial charge in [-0.3, -0.25) is 14.7 Å². The molecule has 11 heteroatoms. The molecule has 38 heavy (non-hydrogen) atoms. The molecule has 0 bridgehead atoms. The van der Waals surface area contributed by atoms with Crippen LogP contribution in [0.15, 0.2) is 71.8 Å². The van der Waals surface area contributed by atoms with Gasteiger partial charge in [0.15, 0.2) is 5.13 Å². The molecular formula is C27H28N4O5S2. The van der Waals surface area contributed by atoms with Crippen molar-refractivity contribution in [3.05, 3.63) is 78.1 Å². The van der Waals surface area contributed by atoms with Crippen LogP contribution in [0.2, 0.25) is 0 Å². The molecule has 0 saturated carbocycles. The average molecular weight is 553 g/mol. The summed E-state index contributed by atoms with van der Waals surface area (Å²) in [5.74, 6) is 0.372. The normalized spacial score (nSPS) is 15.7. The van der Waals surface area contributed by atoms with Crippen molar-refractivity contribution in [3.8, 4) is 5.75 Å². The summed E-state index contributed by atoms with van der Waals surface area (Å²) in [5, 5.41) is 0.511. The smallest absolute Gasteiger partial charge is 0.260 e. The maximum Gasteiger partial charge on any atom is 0.260 e. The van der Waals surface area contributed by atoms with Gasteiger partial charge < -0.3 is 9.47 Å². The van der Waals surface area contributed by atoms with Crippen LogP contribution < -0.4 is 9.64 Å². The number of thiazole rings is 1. The number of anilines is 1. The highest BCUT2D eigenvalue weighted by Gasteiger charge is 2.27. The van der Waals surface area contributed by atoms with Gasteiger partial charge in [-0.15, -0.1) is 0 Å². The topological polar surface area (TPSA) is 102 Å². The maximum atomic E-state index is 13.7. The van der Waals surface area contributed by atoms with Gasteiger partial charge in [-0.05, 0) is 61.4 Å². The summed E-state index contributed by atoms with van der Waals surface area (Å²) in [5.41, 5.74) is 1.77. The molecule has 1 amide bonds. The molecule has 1 atom stereocenters. The Morgan fingerprint density at radius 3 is 2.66 bits per heavy atom. The zero-order valence-corrected chi connectivity index (χ0v) is 22.7. The van der Waals surface area contributed by atoms with Crippen molar-refractivity contribution in [2.24, 2.45) is 0 Å². The van der Waals surface area contributed by atoms with Crippen LogP contribution in [-0.4, -0.2) is 62.0 Å². The number of amides is 1. The van der Waals surface area contributed by atoms with Gasteiger partial charge in [-0.1, -0.05) is 17.4 Å². The summed E-state index contributed by atoms with van der Waals surface area (Å²) in [4.78, 5) is 24.5. The fourth-order valence-electron chi connectivity index (χ4n) is 4.30. The van der Waals surface area contributed by atoms with Crippen LogP contribution in [-0.2, 0) is 21.3 Å². The largest absolute Gasteiger partial charge is 0.497 e. The number of benzene rings is 2. The highest BCUT2D eigenvalue weighted by atomic mass is 32.2. The molecule has 5 rings (SSSR count). The minimum Gasteiger partial charge on any atom is -0.497 e. The number of rotatable bonds is 9. The lowest BCUT2D eigenvalue weighted by molar-refractivity contribution is 0.0978. The van der Waals surface area contributed by atoms with Gasteiger partial charge in [0.2, 0.25) is 10.0 Å². The van der Waals surface area contributed by atoms with Crippen LogP contribution in [0, 0.1) is 0 Å². The van der Waals surface area contributed by atoms with Crippen LogP contribution >= 0.6 is 11.3 Å². The van der Waals surface area contributed by atoms with Crippen molar-refractivity contribution in [1.29, 1.82) is 0 Å². The van der Waals surface area contributed by atoms with Gasteiger partial charge in [0.1, 0.15) is 5.75 Å². The summed E-state index contributed by atoms with van der Waals surface area (Å²) in [7, 11) is -0.576. The van der Waals surface area contributed by atoms with E-state index in [-0.39, 0.29) is 23.5 Å². The number of pyridine rings is 1. The summed E-state index contributed by atoms with van der Waals surface area (Å²) >= 11 is 1.39. The number of hydrogen-bond acceptors (Lipinski definition) is 8. The average Bonchev–Trinajstić information content (AvgIpc) is 3.61. The van der Waals surface area contributed by atoms with Crippen molar-refractivity contribution in [1.82, 2.24) is 14.3 Å². The van der Waals surface area contributed by atoms with Crippen LogP contribution in [0.3, 0.4) is 0 Å². The van der Waals surface area contributed by atoms with Gasteiger partial charge >= 0.3 is 0 Å². The molecule has 3 heterocycles. The molecule has 2 aromatic heterocycles. The molecule has 198 valence electrons. The minimum atomic E-state index is -3.72. The summed E-state index contributed by atoms with van der Waals surface area (Å²) < 4.78 is 39.3. The molecule has 0 spiro atoms. The SMILES string of the molecule is COc1ccc2sc(N(Cc3ccccn3)C(=O)c3ccc(S(=O)(=O)N(C)CC4CCCO4)cc3)nc2c1. The zero-order chi connectivity index (χ0) is 26.7. The van der Waals surface area contributed by atoms with Crippen LogP contribution in [0.25, 0.3) is 10.2 Å². The summed E-state index contributed by atoms with van der Waals surface area (Å²) in [6, 6.07) is 17.1. The molecule has 1 saturated heterocycles. The molecule has 0 radical (unpaired) electrons. The van der Waals surface area contributed by atoms with E-state index in [4.69, 9.17) is 14.5 Å². The number of carbonyl (C=O) groups is 1. The molecule has 9 nitrogen and oxygen atoms in total. The first-order valence-corrected chi connectivity index (χ1v) is 14.4. The van der Waals surface area contributed by atoms with E-state index in [1.807, 2.05) is 36.4 Å². The zero-order valence-electron chi connectivity index (χ0n) is 21.1. The van der Waals surface area contributed by atoms with Crippen LogP contribution in [0.4, 0.5) is 5.13 Å². The number of fused-ring (bicyclic) bond motifs is 1. The van der Waals surface area contributed by atoms with E-state index in [0.717, 1.165) is 23.1 Å². The van der Waals surface area contributed by atoms with E-state index in [1.54, 1.807) is 25.3 Å². The Morgan fingerprint density at radius 1 is 1.16 bits per heavy atom. The monoisotopic (exact) mass is 552 g/mol. The number of nitrogens with zero attached hydrogens (tertiary/aromatic N) is 4. The Bertz CT molecular complexity index is 1520. The number of sulfonamides is 1. The predicted octanol–water partition coefficient (Wildman–Crippen LogP) is 4.35. The molecule has 2 aromatic carbocycles. The van der Waals surface area contributed by atoms with E-state index in [9.17, 15) is 13.2 Å². The molecule has 4 aromatic rings. The summed E-state index contributed by atoms with van der Waals surface area (Å²) in [6.45, 7) is 1.16. The Kier molecular flexibility index (Phi) is 7.70. The second-order valence-corrected chi connectivity index (χ2v) is 12.0. The van der Waals surface area contributed by atoms with Crippen molar-refractivity contribution < 1.29 is 22.7 Å². The number of carbonyl (C=O) groups excluding carboxylic acids is 1. The van der Waals surface area contributed by atoms with E-state index >= 15 is 0 Å². The number of likely N-dealkylation sites (N-methyl/N-ethyl adjacent to an activating group) is 1. The van der Waals surface area contributed by atoms with E-state index in [1.165, 1.54) is 39.9 Å². The lowest BCUT2D eigenvalue weighted by atomic mass is 10.2. The van der Waals surface area contributed by atoms with Crippen molar-refractivity contribution in [2.75, 3.05) is 32.2 Å². The van der Waals surface area contributed by atoms with Crippen molar-refractivity contribution in [2.45, 2.75) is 30.4 Å². The maximum absolute atomic E-state index is 13.7.